The molecule has 0 aliphatic rings. The number of hydrogen-bond acceptors (Lipinski definition) is 2. The number of rotatable bonds is 3. The fourth-order valence-electron chi connectivity index (χ4n) is 0.942. The lowest BCUT2D eigenvalue weighted by Crippen LogP contribution is -2.10. The van der Waals surface area contributed by atoms with Crippen LogP contribution in [0.3, 0.4) is 0 Å². The molecular weight excluding hydrogens is 355 g/mol. The molecule has 1 rings (SSSR count). The molecule has 0 heterocycles. The SMILES string of the molecule is CC(C#N)CNc1cc(Br)ccc1I. The van der Waals surface area contributed by atoms with Gasteiger partial charge in [0.1, 0.15) is 0 Å². The Hall–Kier alpha value is -0.280. The largest absolute Gasteiger partial charge is 0.383 e. The molecule has 0 saturated heterocycles. The molecule has 0 aliphatic heterocycles. The first-order valence-corrected chi connectivity index (χ1v) is 6.09. The van der Waals surface area contributed by atoms with Gasteiger partial charge in [-0.15, -0.1) is 0 Å². The van der Waals surface area contributed by atoms with Gasteiger partial charge in [0.15, 0.2) is 0 Å². The first-order valence-electron chi connectivity index (χ1n) is 4.22. The van der Waals surface area contributed by atoms with Crippen molar-refractivity contribution < 1.29 is 0 Å². The number of nitrogens with zero attached hydrogens (tertiary/aromatic N) is 1. The second-order valence-corrected chi connectivity index (χ2v) is 5.11. The lowest BCUT2D eigenvalue weighted by atomic mass is 10.2. The molecule has 0 aromatic heterocycles. The Morgan fingerprint density at radius 2 is 2.36 bits per heavy atom. The summed E-state index contributed by atoms with van der Waals surface area (Å²) in [5.41, 5.74) is 1.07. The predicted molar refractivity (Wildman–Crippen MR) is 70.1 cm³/mol. The molecule has 1 atom stereocenters. The third-order valence-electron chi connectivity index (χ3n) is 1.75. The van der Waals surface area contributed by atoms with Gasteiger partial charge < -0.3 is 5.32 Å². The Bertz CT molecular complexity index is 360. The zero-order chi connectivity index (χ0) is 10.6. The van der Waals surface area contributed by atoms with Gasteiger partial charge in [0, 0.05) is 20.3 Å². The molecule has 0 saturated carbocycles. The van der Waals surface area contributed by atoms with E-state index in [0.717, 1.165) is 13.7 Å². The summed E-state index contributed by atoms with van der Waals surface area (Å²) in [6, 6.07) is 8.24. The van der Waals surface area contributed by atoms with Crippen molar-refractivity contribution in [1.29, 1.82) is 5.26 Å². The minimum absolute atomic E-state index is 0.0322. The van der Waals surface area contributed by atoms with E-state index in [1.54, 1.807) is 0 Å². The van der Waals surface area contributed by atoms with Crippen LogP contribution in [0.4, 0.5) is 5.69 Å². The standard InChI is InChI=1S/C10H10BrIN2/c1-7(5-13)6-14-10-4-8(11)2-3-9(10)12/h2-4,7,14H,6H2,1H3. The van der Waals surface area contributed by atoms with Crippen LogP contribution in [-0.2, 0) is 0 Å². The highest BCUT2D eigenvalue weighted by atomic mass is 127. The molecule has 0 spiro atoms. The molecule has 2 nitrogen and oxygen atoms in total. The first kappa shape index (κ1) is 11.8. The van der Waals surface area contributed by atoms with E-state index in [9.17, 15) is 0 Å². The predicted octanol–water partition coefficient (Wildman–Crippen LogP) is 3.63. The van der Waals surface area contributed by atoms with E-state index in [1.165, 1.54) is 0 Å². The Labute approximate surface area is 106 Å². The molecule has 0 fully saturated rings. The average molecular weight is 365 g/mol. The number of nitriles is 1. The van der Waals surface area contributed by atoms with Gasteiger partial charge in [-0.2, -0.15) is 5.26 Å². The summed E-state index contributed by atoms with van der Waals surface area (Å²) >= 11 is 5.68. The summed E-state index contributed by atoms with van der Waals surface area (Å²) in [6.45, 7) is 2.58. The second-order valence-electron chi connectivity index (χ2n) is 3.04. The molecule has 1 aromatic rings. The molecule has 1 N–H and O–H groups in total. The van der Waals surface area contributed by atoms with Gasteiger partial charge in [-0.25, -0.2) is 0 Å². The highest BCUT2D eigenvalue weighted by Gasteiger charge is 2.02. The topological polar surface area (TPSA) is 35.8 Å². The highest BCUT2D eigenvalue weighted by Crippen LogP contribution is 2.22. The lowest BCUT2D eigenvalue weighted by Gasteiger charge is -2.09. The van der Waals surface area contributed by atoms with Crippen LogP contribution in [0.1, 0.15) is 6.92 Å². The summed E-state index contributed by atoms with van der Waals surface area (Å²) in [5.74, 6) is 0.0322. The van der Waals surface area contributed by atoms with Crippen molar-refractivity contribution in [2.24, 2.45) is 5.92 Å². The van der Waals surface area contributed by atoms with Gasteiger partial charge in [0.2, 0.25) is 0 Å². The van der Waals surface area contributed by atoms with Crippen molar-refractivity contribution >= 4 is 44.2 Å². The maximum Gasteiger partial charge on any atom is 0.0671 e. The van der Waals surface area contributed by atoms with Crippen LogP contribution in [-0.4, -0.2) is 6.54 Å². The highest BCUT2D eigenvalue weighted by molar-refractivity contribution is 14.1. The Kier molecular flexibility index (Phi) is 4.69. The number of nitrogens with one attached hydrogen (secondary N) is 1. The maximum atomic E-state index is 8.64. The Morgan fingerprint density at radius 1 is 1.64 bits per heavy atom. The third-order valence-corrected chi connectivity index (χ3v) is 3.18. The Morgan fingerprint density at radius 3 is 3.00 bits per heavy atom. The number of anilines is 1. The molecule has 14 heavy (non-hydrogen) atoms. The number of hydrogen-bond donors (Lipinski definition) is 1. The van der Waals surface area contributed by atoms with Gasteiger partial charge in [-0.05, 0) is 47.7 Å². The summed E-state index contributed by atoms with van der Waals surface area (Å²) < 4.78 is 2.21. The van der Waals surface area contributed by atoms with Crippen LogP contribution in [0.2, 0.25) is 0 Å². The smallest absolute Gasteiger partial charge is 0.0671 e. The van der Waals surface area contributed by atoms with E-state index < -0.39 is 0 Å². The maximum absolute atomic E-state index is 8.64. The zero-order valence-corrected chi connectivity index (χ0v) is 11.5. The molecule has 0 aliphatic carbocycles. The number of halogens is 2. The van der Waals surface area contributed by atoms with Crippen molar-refractivity contribution in [1.82, 2.24) is 0 Å². The molecule has 0 bridgehead atoms. The normalized spacial score (nSPS) is 11.9. The summed E-state index contributed by atoms with van der Waals surface area (Å²) in [7, 11) is 0. The fourth-order valence-corrected chi connectivity index (χ4v) is 1.83. The van der Waals surface area contributed by atoms with E-state index in [0.29, 0.717) is 6.54 Å². The van der Waals surface area contributed by atoms with Crippen molar-refractivity contribution in [2.45, 2.75) is 6.92 Å². The van der Waals surface area contributed by atoms with E-state index in [-0.39, 0.29) is 5.92 Å². The first-order chi connectivity index (χ1) is 6.63. The second kappa shape index (κ2) is 5.56. The molecule has 74 valence electrons. The van der Waals surface area contributed by atoms with Crippen LogP contribution in [0.5, 0.6) is 0 Å². The third kappa shape index (κ3) is 3.46. The lowest BCUT2D eigenvalue weighted by molar-refractivity contribution is 0.786. The van der Waals surface area contributed by atoms with E-state index in [4.69, 9.17) is 5.26 Å². The molecule has 1 unspecified atom stereocenters. The van der Waals surface area contributed by atoms with E-state index in [2.05, 4.69) is 49.9 Å². The summed E-state index contributed by atoms with van der Waals surface area (Å²) in [5, 5.41) is 11.9. The minimum Gasteiger partial charge on any atom is -0.383 e. The van der Waals surface area contributed by atoms with Crippen LogP contribution >= 0.6 is 38.5 Å². The van der Waals surface area contributed by atoms with Crippen molar-refractivity contribution in [2.75, 3.05) is 11.9 Å². The van der Waals surface area contributed by atoms with Gasteiger partial charge in [0.25, 0.3) is 0 Å². The quantitative estimate of drug-likeness (QED) is 0.831. The molecule has 0 amide bonds. The number of benzene rings is 1. The van der Waals surface area contributed by atoms with Gasteiger partial charge in [0.05, 0.1) is 12.0 Å². The molecular formula is C10H10BrIN2. The van der Waals surface area contributed by atoms with Gasteiger partial charge >= 0.3 is 0 Å². The Balaban J connectivity index is 2.67. The molecule has 1 aromatic carbocycles. The molecule has 4 heteroatoms. The zero-order valence-electron chi connectivity index (χ0n) is 7.72. The summed E-state index contributed by atoms with van der Waals surface area (Å²) in [6.07, 6.45) is 0. The monoisotopic (exact) mass is 364 g/mol. The van der Waals surface area contributed by atoms with E-state index in [1.807, 2.05) is 25.1 Å². The fraction of sp³-hybridized carbons (Fsp3) is 0.300. The summed E-state index contributed by atoms with van der Waals surface area (Å²) in [4.78, 5) is 0. The van der Waals surface area contributed by atoms with Crippen LogP contribution in [0, 0.1) is 20.8 Å². The van der Waals surface area contributed by atoms with Crippen LogP contribution < -0.4 is 5.32 Å². The van der Waals surface area contributed by atoms with Crippen molar-refractivity contribution in [3.8, 4) is 6.07 Å². The average Bonchev–Trinajstić information content (AvgIpc) is 2.19. The van der Waals surface area contributed by atoms with Crippen molar-refractivity contribution in [3.05, 3.63) is 26.2 Å². The van der Waals surface area contributed by atoms with Crippen LogP contribution in [0.25, 0.3) is 0 Å². The van der Waals surface area contributed by atoms with Gasteiger partial charge in [-0.3, -0.25) is 0 Å². The minimum atomic E-state index is 0.0322. The molecule has 0 radical (unpaired) electrons. The van der Waals surface area contributed by atoms with Crippen molar-refractivity contribution in [3.63, 3.8) is 0 Å². The van der Waals surface area contributed by atoms with Gasteiger partial charge in [-0.1, -0.05) is 15.9 Å². The van der Waals surface area contributed by atoms with E-state index >= 15 is 0 Å². The van der Waals surface area contributed by atoms with Crippen LogP contribution in [0.15, 0.2) is 22.7 Å².